The van der Waals surface area contributed by atoms with E-state index in [1.54, 1.807) is 19.1 Å². The molecule has 0 aliphatic carbocycles. The molecule has 0 bridgehead atoms. The first-order valence-corrected chi connectivity index (χ1v) is 12.7. The number of nitriles is 1. The maximum atomic E-state index is 12.4. The maximum absolute atomic E-state index is 12.4. The van der Waals surface area contributed by atoms with Gasteiger partial charge >= 0.3 is 5.97 Å². The van der Waals surface area contributed by atoms with E-state index in [4.69, 9.17) is 18.9 Å². The highest BCUT2D eigenvalue weighted by Crippen LogP contribution is 2.39. The second kappa shape index (κ2) is 11.6. The Kier molecular flexibility index (Phi) is 9.08. The lowest BCUT2D eigenvalue weighted by Gasteiger charge is -2.22. The molecule has 0 N–H and O–H groups in total. The van der Waals surface area contributed by atoms with Gasteiger partial charge in [-0.2, -0.15) is 10.3 Å². The van der Waals surface area contributed by atoms with Gasteiger partial charge in [-0.3, -0.25) is 9.59 Å². The third-order valence-electron chi connectivity index (χ3n) is 4.66. The monoisotopic (exact) mass is 720 g/mol. The Morgan fingerprint density at radius 2 is 2.00 bits per heavy atom. The highest BCUT2D eigenvalue weighted by molar-refractivity contribution is 14.1. The predicted octanol–water partition coefficient (Wildman–Crippen LogP) is 4.73. The Labute approximate surface area is 232 Å². The normalized spacial score (nSPS) is 14.7. The van der Waals surface area contributed by atoms with Crippen molar-refractivity contribution in [2.45, 2.75) is 33.6 Å². The third-order valence-corrected chi connectivity index (χ3v) is 6.97. The number of carbonyl (C=O) groups is 2. The molecule has 35 heavy (non-hydrogen) atoms. The molecule has 1 aliphatic heterocycles. The van der Waals surface area contributed by atoms with E-state index >= 15 is 0 Å². The number of nitrogens with zero attached hydrogens (tertiary/aromatic N) is 4. The summed E-state index contributed by atoms with van der Waals surface area (Å²) in [5, 5.41) is 15.1. The Balaban J connectivity index is 1.92. The minimum absolute atomic E-state index is 0.0773. The van der Waals surface area contributed by atoms with Gasteiger partial charge in [0, 0.05) is 35.5 Å². The fourth-order valence-corrected chi connectivity index (χ4v) is 5.29. The molecule has 13 heteroatoms. The van der Waals surface area contributed by atoms with Crippen LogP contribution in [0, 0.1) is 21.8 Å². The van der Waals surface area contributed by atoms with Crippen molar-refractivity contribution in [2.75, 3.05) is 13.7 Å². The molecule has 2 aromatic rings. The van der Waals surface area contributed by atoms with Crippen LogP contribution in [-0.2, 0) is 25.7 Å². The van der Waals surface area contributed by atoms with E-state index in [0.29, 0.717) is 29.3 Å². The molecule has 1 aliphatic rings. The van der Waals surface area contributed by atoms with Crippen molar-refractivity contribution >= 4 is 72.2 Å². The number of rotatable bonds is 7. The van der Waals surface area contributed by atoms with Gasteiger partial charge in [0.05, 0.1) is 21.4 Å². The number of ether oxygens (including phenoxy) is 4. The van der Waals surface area contributed by atoms with E-state index in [0.717, 1.165) is 5.01 Å². The molecule has 1 amide bonds. The van der Waals surface area contributed by atoms with Gasteiger partial charge in [-0.15, -0.1) is 5.10 Å². The van der Waals surface area contributed by atoms with Crippen LogP contribution in [0.5, 0.6) is 11.6 Å². The second-order valence-electron chi connectivity index (χ2n) is 7.23. The number of hydrogen-bond donors (Lipinski definition) is 0. The number of hydrazone groups is 1. The van der Waals surface area contributed by atoms with Crippen LogP contribution in [0.4, 0.5) is 0 Å². The molecule has 0 saturated heterocycles. The number of esters is 1. The molecule has 0 unspecified atom stereocenters. The van der Waals surface area contributed by atoms with Crippen molar-refractivity contribution in [3.8, 4) is 17.7 Å². The van der Waals surface area contributed by atoms with Gasteiger partial charge in [-0.1, -0.05) is 15.9 Å². The van der Waals surface area contributed by atoms with Crippen LogP contribution < -0.4 is 9.47 Å². The van der Waals surface area contributed by atoms with Crippen molar-refractivity contribution in [3.63, 3.8) is 0 Å². The number of amides is 1. The lowest BCUT2D eigenvalue weighted by molar-refractivity contribution is -0.135. The van der Waals surface area contributed by atoms with E-state index in [1.807, 2.05) is 22.6 Å². The molecule has 0 radical (unpaired) electrons. The molecular formula is C22H19Br2IN4O6. The lowest BCUT2D eigenvalue weighted by Crippen LogP contribution is -2.26. The smallest absolute Gasteiger partial charge is 0.308 e. The van der Waals surface area contributed by atoms with Crippen LogP contribution in [-0.4, -0.2) is 41.5 Å². The fourth-order valence-electron chi connectivity index (χ4n) is 3.23. The minimum atomic E-state index is -0.995. The molecular weight excluding hydrogens is 703 g/mol. The van der Waals surface area contributed by atoms with E-state index in [9.17, 15) is 14.9 Å². The van der Waals surface area contributed by atoms with Crippen molar-refractivity contribution in [1.29, 1.82) is 5.26 Å². The minimum Gasteiger partial charge on any atom is -0.467 e. The zero-order valence-electron chi connectivity index (χ0n) is 19.0. The Morgan fingerprint density at radius 1 is 1.29 bits per heavy atom. The molecule has 0 fully saturated rings. The van der Waals surface area contributed by atoms with Crippen molar-refractivity contribution < 1.29 is 28.5 Å². The van der Waals surface area contributed by atoms with Crippen LogP contribution >= 0.6 is 54.5 Å². The predicted molar refractivity (Wildman–Crippen MR) is 140 cm³/mol. The summed E-state index contributed by atoms with van der Waals surface area (Å²) in [5.41, 5.74) is 1.84. The van der Waals surface area contributed by atoms with Crippen LogP contribution in [0.1, 0.15) is 42.5 Å². The third kappa shape index (κ3) is 6.11. The first-order chi connectivity index (χ1) is 16.6. The first kappa shape index (κ1) is 27.3. The number of methoxy groups -OCH3 is 1. The molecule has 0 spiro atoms. The number of hydrogen-bond acceptors (Lipinski definition) is 9. The standard InChI is InChI=1S/C22H19Br2IN4O6/c1-10-19(24)16(8-32-4)15(7-26)21(27-10)33-9-18-28-29(11(2)30)22(35-18)14-5-13(23)6-17(25)20(14)34-12(3)31/h5-6,22H,8-9H2,1-4H3/t22-/m0/s1. The lowest BCUT2D eigenvalue weighted by atomic mass is 10.1. The van der Waals surface area contributed by atoms with E-state index in [-0.39, 0.29) is 36.3 Å². The van der Waals surface area contributed by atoms with E-state index < -0.39 is 18.1 Å². The first-order valence-electron chi connectivity index (χ1n) is 9.99. The zero-order valence-corrected chi connectivity index (χ0v) is 24.3. The summed E-state index contributed by atoms with van der Waals surface area (Å²) in [4.78, 5) is 28.4. The molecule has 3 rings (SSSR count). The highest BCUT2D eigenvalue weighted by atomic mass is 127. The van der Waals surface area contributed by atoms with Gasteiger partial charge in [0.2, 0.25) is 23.9 Å². The maximum Gasteiger partial charge on any atom is 0.308 e. The quantitative estimate of drug-likeness (QED) is 0.229. The summed E-state index contributed by atoms with van der Waals surface area (Å²) >= 11 is 8.88. The molecule has 184 valence electrons. The summed E-state index contributed by atoms with van der Waals surface area (Å²) < 4.78 is 24.3. The van der Waals surface area contributed by atoms with Crippen molar-refractivity contribution in [3.05, 3.63) is 47.0 Å². The number of carbonyl (C=O) groups excluding carboxylic acids is 2. The topological polar surface area (TPSA) is 123 Å². The number of aromatic nitrogens is 1. The fraction of sp³-hybridized carbons (Fsp3) is 0.318. The number of aryl methyl sites for hydroxylation is 1. The Bertz CT molecular complexity index is 1260. The summed E-state index contributed by atoms with van der Waals surface area (Å²) in [6.45, 7) is 4.36. The molecule has 2 heterocycles. The van der Waals surface area contributed by atoms with Crippen LogP contribution in [0.15, 0.2) is 26.2 Å². The van der Waals surface area contributed by atoms with E-state index in [1.165, 1.54) is 21.0 Å². The highest BCUT2D eigenvalue weighted by Gasteiger charge is 2.36. The van der Waals surface area contributed by atoms with Gasteiger partial charge in [-0.05, 0) is 57.6 Å². The van der Waals surface area contributed by atoms with Gasteiger partial charge in [-0.25, -0.2) is 4.98 Å². The van der Waals surface area contributed by atoms with Gasteiger partial charge in [0.15, 0.2) is 12.4 Å². The van der Waals surface area contributed by atoms with Crippen LogP contribution in [0.2, 0.25) is 0 Å². The Hall–Kier alpha value is -2.28. The summed E-state index contributed by atoms with van der Waals surface area (Å²) in [7, 11) is 1.52. The average Bonchev–Trinajstić information content (AvgIpc) is 3.21. The van der Waals surface area contributed by atoms with Gasteiger partial charge in [0.1, 0.15) is 11.6 Å². The van der Waals surface area contributed by atoms with Crippen LogP contribution in [0.3, 0.4) is 0 Å². The average molecular weight is 722 g/mol. The van der Waals surface area contributed by atoms with Crippen molar-refractivity contribution in [1.82, 2.24) is 9.99 Å². The molecule has 10 nitrogen and oxygen atoms in total. The molecule has 1 aromatic heterocycles. The van der Waals surface area contributed by atoms with Gasteiger partial charge in [0.25, 0.3) is 0 Å². The van der Waals surface area contributed by atoms with E-state index in [2.05, 4.69) is 48.0 Å². The summed E-state index contributed by atoms with van der Waals surface area (Å²) in [6, 6.07) is 5.55. The largest absolute Gasteiger partial charge is 0.467 e. The SMILES string of the molecule is COCc1c(Br)c(C)nc(OCC2=NN(C(C)=O)[C@H](c3cc(Br)cc(I)c3OC(C)=O)O2)c1C#N. The van der Waals surface area contributed by atoms with Crippen molar-refractivity contribution in [2.24, 2.45) is 5.10 Å². The van der Waals surface area contributed by atoms with Gasteiger partial charge < -0.3 is 18.9 Å². The Morgan fingerprint density at radius 3 is 2.60 bits per heavy atom. The summed E-state index contributed by atoms with van der Waals surface area (Å²) in [6.07, 6.45) is -0.995. The summed E-state index contributed by atoms with van der Waals surface area (Å²) in [5.74, 6) is -0.492. The molecule has 1 aromatic carbocycles. The second-order valence-corrected chi connectivity index (χ2v) is 10.1. The number of halogens is 3. The molecule has 1 atom stereocenters. The number of pyridine rings is 1. The van der Waals surface area contributed by atoms with Crippen LogP contribution in [0.25, 0.3) is 0 Å². The zero-order chi connectivity index (χ0) is 25.9. The molecule has 0 saturated carbocycles. The number of benzene rings is 1.